The van der Waals surface area contributed by atoms with Gasteiger partial charge in [-0.15, -0.1) is 0 Å². The maximum Gasteiger partial charge on any atom is 0.320 e. The van der Waals surface area contributed by atoms with Gasteiger partial charge in [-0.05, 0) is 41.8 Å². The Morgan fingerprint density at radius 3 is 2.36 bits per heavy atom. The summed E-state index contributed by atoms with van der Waals surface area (Å²) in [7, 11) is 3.79. The Labute approximate surface area is 163 Å². The standard InChI is InChI=1S/C21H22N4O3/c1-25(2)21-23-12-16(13-24-21)15-6-8-17(9-7-15)28-18-5-3-4-14(10-18)11-19(22)20(26)27/h3-10,12-13,19H,11,22H2,1-2H3,(H,26,27). The summed E-state index contributed by atoms with van der Waals surface area (Å²) in [6.45, 7) is 0. The van der Waals surface area contributed by atoms with E-state index in [1.165, 1.54) is 0 Å². The number of anilines is 1. The van der Waals surface area contributed by atoms with E-state index in [0.717, 1.165) is 16.7 Å². The van der Waals surface area contributed by atoms with E-state index in [4.69, 9.17) is 15.6 Å². The van der Waals surface area contributed by atoms with Crippen molar-refractivity contribution in [2.24, 2.45) is 5.73 Å². The minimum Gasteiger partial charge on any atom is -0.480 e. The molecule has 0 fully saturated rings. The second kappa shape index (κ2) is 8.49. The number of carbonyl (C=O) groups is 1. The van der Waals surface area contributed by atoms with Crippen LogP contribution in [-0.2, 0) is 11.2 Å². The van der Waals surface area contributed by atoms with Crippen LogP contribution in [0.1, 0.15) is 5.56 Å². The zero-order valence-electron chi connectivity index (χ0n) is 15.7. The molecule has 1 atom stereocenters. The number of rotatable bonds is 7. The van der Waals surface area contributed by atoms with Gasteiger partial charge in [0.2, 0.25) is 5.95 Å². The molecule has 2 aromatic carbocycles. The Hall–Kier alpha value is -3.45. The zero-order valence-corrected chi connectivity index (χ0v) is 15.7. The van der Waals surface area contributed by atoms with Crippen molar-refractivity contribution in [1.29, 1.82) is 0 Å². The van der Waals surface area contributed by atoms with Crippen LogP contribution in [-0.4, -0.2) is 41.2 Å². The van der Waals surface area contributed by atoms with Crippen LogP contribution in [0.25, 0.3) is 11.1 Å². The topological polar surface area (TPSA) is 102 Å². The Morgan fingerprint density at radius 1 is 1.07 bits per heavy atom. The van der Waals surface area contributed by atoms with Gasteiger partial charge in [0.1, 0.15) is 17.5 Å². The molecule has 0 saturated carbocycles. The number of hydrogen-bond donors (Lipinski definition) is 2. The van der Waals surface area contributed by atoms with Crippen molar-refractivity contribution in [3.05, 3.63) is 66.5 Å². The summed E-state index contributed by atoms with van der Waals surface area (Å²) in [5, 5.41) is 8.94. The smallest absolute Gasteiger partial charge is 0.320 e. The molecule has 1 unspecified atom stereocenters. The Kier molecular flexibility index (Phi) is 5.86. The monoisotopic (exact) mass is 378 g/mol. The second-order valence-electron chi connectivity index (χ2n) is 6.59. The van der Waals surface area contributed by atoms with Crippen LogP contribution in [0.5, 0.6) is 11.5 Å². The zero-order chi connectivity index (χ0) is 20.1. The summed E-state index contributed by atoms with van der Waals surface area (Å²) in [6.07, 6.45) is 3.81. The summed E-state index contributed by atoms with van der Waals surface area (Å²) >= 11 is 0. The lowest BCUT2D eigenvalue weighted by Crippen LogP contribution is -2.32. The number of nitrogens with two attached hydrogens (primary N) is 1. The molecule has 7 nitrogen and oxygen atoms in total. The van der Waals surface area contributed by atoms with E-state index in [-0.39, 0.29) is 6.42 Å². The quantitative estimate of drug-likeness (QED) is 0.652. The number of nitrogens with zero attached hydrogens (tertiary/aromatic N) is 3. The van der Waals surface area contributed by atoms with Crippen LogP contribution in [0, 0.1) is 0 Å². The van der Waals surface area contributed by atoms with Crippen LogP contribution in [0.2, 0.25) is 0 Å². The number of aromatic nitrogens is 2. The van der Waals surface area contributed by atoms with Gasteiger partial charge in [0.25, 0.3) is 0 Å². The van der Waals surface area contributed by atoms with Crippen molar-refractivity contribution in [2.75, 3.05) is 19.0 Å². The summed E-state index contributed by atoms with van der Waals surface area (Å²) in [5.41, 5.74) is 8.31. The molecule has 3 aromatic rings. The van der Waals surface area contributed by atoms with Gasteiger partial charge < -0.3 is 20.5 Å². The van der Waals surface area contributed by atoms with Crippen LogP contribution < -0.4 is 15.4 Å². The predicted octanol–water partition coefficient (Wildman–Crippen LogP) is 2.96. The number of aliphatic carboxylic acids is 1. The van der Waals surface area contributed by atoms with Gasteiger partial charge in [0, 0.05) is 32.1 Å². The lowest BCUT2D eigenvalue weighted by Gasteiger charge is -2.11. The van der Waals surface area contributed by atoms with Gasteiger partial charge in [-0.2, -0.15) is 0 Å². The van der Waals surface area contributed by atoms with E-state index >= 15 is 0 Å². The van der Waals surface area contributed by atoms with Gasteiger partial charge >= 0.3 is 5.97 Å². The highest BCUT2D eigenvalue weighted by Crippen LogP contribution is 2.26. The number of carboxylic acids is 1. The fourth-order valence-electron chi connectivity index (χ4n) is 2.63. The van der Waals surface area contributed by atoms with E-state index in [1.54, 1.807) is 18.5 Å². The van der Waals surface area contributed by atoms with Gasteiger partial charge in [-0.3, -0.25) is 4.79 Å². The Bertz CT molecular complexity index is 941. The molecule has 0 spiro atoms. The van der Waals surface area contributed by atoms with Crippen molar-refractivity contribution >= 4 is 11.9 Å². The molecule has 0 saturated heterocycles. The number of benzene rings is 2. The molecule has 0 amide bonds. The molecule has 7 heteroatoms. The first kappa shape index (κ1) is 19.3. The van der Waals surface area contributed by atoms with Crippen LogP contribution in [0.3, 0.4) is 0 Å². The average molecular weight is 378 g/mol. The SMILES string of the molecule is CN(C)c1ncc(-c2ccc(Oc3cccc(CC(N)C(=O)O)c3)cc2)cn1. The minimum atomic E-state index is -1.02. The van der Waals surface area contributed by atoms with E-state index in [0.29, 0.717) is 17.4 Å². The van der Waals surface area contributed by atoms with E-state index in [1.807, 2.05) is 61.5 Å². The molecular formula is C21H22N4O3. The Balaban J connectivity index is 1.70. The third-order valence-corrected chi connectivity index (χ3v) is 4.13. The van der Waals surface area contributed by atoms with Crippen molar-refractivity contribution in [3.63, 3.8) is 0 Å². The molecule has 0 aliphatic heterocycles. The van der Waals surface area contributed by atoms with E-state index < -0.39 is 12.0 Å². The van der Waals surface area contributed by atoms with Crippen LogP contribution >= 0.6 is 0 Å². The highest BCUT2D eigenvalue weighted by molar-refractivity contribution is 5.73. The Morgan fingerprint density at radius 2 is 1.75 bits per heavy atom. The predicted molar refractivity (Wildman–Crippen MR) is 108 cm³/mol. The summed E-state index contributed by atoms with van der Waals surface area (Å²) in [4.78, 5) is 21.4. The molecule has 1 heterocycles. The van der Waals surface area contributed by atoms with Gasteiger partial charge in [0.15, 0.2) is 0 Å². The van der Waals surface area contributed by atoms with Gasteiger partial charge in [-0.25, -0.2) is 9.97 Å². The molecule has 0 aliphatic carbocycles. The van der Waals surface area contributed by atoms with Crippen molar-refractivity contribution in [1.82, 2.24) is 9.97 Å². The summed E-state index contributed by atoms with van der Waals surface area (Å²) in [5.74, 6) is 0.937. The molecule has 0 radical (unpaired) electrons. The second-order valence-corrected chi connectivity index (χ2v) is 6.59. The average Bonchev–Trinajstić information content (AvgIpc) is 2.69. The van der Waals surface area contributed by atoms with Gasteiger partial charge in [0.05, 0.1) is 0 Å². The molecule has 3 N–H and O–H groups in total. The van der Waals surface area contributed by atoms with Crippen LogP contribution in [0.15, 0.2) is 60.9 Å². The first-order valence-corrected chi connectivity index (χ1v) is 8.77. The third kappa shape index (κ3) is 4.83. The fourth-order valence-corrected chi connectivity index (χ4v) is 2.63. The number of carboxylic acid groups (broad SMARTS) is 1. The molecule has 1 aromatic heterocycles. The summed E-state index contributed by atoms with van der Waals surface area (Å²) < 4.78 is 5.88. The largest absolute Gasteiger partial charge is 0.480 e. The van der Waals surface area contributed by atoms with Crippen LogP contribution in [0.4, 0.5) is 5.95 Å². The molecule has 0 aliphatic rings. The first-order chi connectivity index (χ1) is 13.4. The molecule has 0 bridgehead atoms. The first-order valence-electron chi connectivity index (χ1n) is 8.77. The molecule has 3 rings (SSSR count). The summed E-state index contributed by atoms with van der Waals surface area (Å²) in [6, 6.07) is 13.9. The molecular weight excluding hydrogens is 356 g/mol. The number of ether oxygens (including phenoxy) is 1. The highest BCUT2D eigenvalue weighted by Gasteiger charge is 2.12. The number of hydrogen-bond acceptors (Lipinski definition) is 6. The lowest BCUT2D eigenvalue weighted by atomic mass is 10.1. The fraction of sp³-hybridized carbons (Fsp3) is 0.190. The lowest BCUT2D eigenvalue weighted by molar-refractivity contribution is -0.138. The van der Waals surface area contributed by atoms with E-state index in [2.05, 4.69) is 9.97 Å². The maximum absolute atomic E-state index is 10.9. The normalized spacial score (nSPS) is 11.7. The van der Waals surface area contributed by atoms with Crippen molar-refractivity contribution in [3.8, 4) is 22.6 Å². The van der Waals surface area contributed by atoms with Crippen molar-refractivity contribution in [2.45, 2.75) is 12.5 Å². The van der Waals surface area contributed by atoms with Crippen molar-refractivity contribution < 1.29 is 14.6 Å². The van der Waals surface area contributed by atoms with Gasteiger partial charge in [-0.1, -0.05) is 24.3 Å². The minimum absolute atomic E-state index is 0.244. The molecule has 28 heavy (non-hydrogen) atoms. The third-order valence-electron chi connectivity index (χ3n) is 4.13. The molecule has 144 valence electrons. The van der Waals surface area contributed by atoms with E-state index in [9.17, 15) is 4.79 Å². The highest BCUT2D eigenvalue weighted by atomic mass is 16.5. The maximum atomic E-state index is 10.9.